The Balaban J connectivity index is 1.55. The molecule has 2 aromatic rings. The lowest BCUT2D eigenvalue weighted by Gasteiger charge is -2.35. The van der Waals surface area contributed by atoms with Gasteiger partial charge in [0, 0.05) is 37.1 Å². The van der Waals surface area contributed by atoms with Crippen molar-refractivity contribution in [1.29, 1.82) is 0 Å². The number of rotatable bonds is 5. The van der Waals surface area contributed by atoms with E-state index >= 15 is 0 Å². The third-order valence-corrected chi connectivity index (χ3v) is 5.53. The largest absolute Gasteiger partial charge is 0.339 e. The fraction of sp³-hybridized carbons (Fsp3) is 0.444. The van der Waals surface area contributed by atoms with Crippen molar-refractivity contribution in [2.45, 2.75) is 19.0 Å². The first-order chi connectivity index (χ1) is 13.0. The number of amides is 2. The second kappa shape index (κ2) is 8.75. The highest BCUT2D eigenvalue weighted by atomic mass is 35.5. The number of carbonyl (C=O) groups is 2. The zero-order valence-corrected chi connectivity index (χ0v) is 16.9. The van der Waals surface area contributed by atoms with Gasteiger partial charge >= 0.3 is 0 Å². The predicted molar refractivity (Wildman–Crippen MR) is 105 cm³/mol. The summed E-state index contributed by atoms with van der Waals surface area (Å²) in [6.07, 6.45) is 1.61. The summed E-state index contributed by atoms with van der Waals surface area (Å²) in [4.78, 5) is 28.2. The van der Waals surface area contributed by atoms with E-state index in [-0.39, 0.29) is 23.5 Å². The molecule has 1 aromatic heterocycles. The van der Waals surface area contributed by atoms with Crippen LogP contribution in [0.15, 0.2) is 35.7 Å². The lowest BCUT2D eigenvalue weighted by molar-refractivity contribution is -0.140. The number of hydrogen-bond donors (Lipinski definition) is 0. The highest BCUT2D eigenvalue weighted by molar-refractivity contribution is 7.99. The van der Waals surface area contributed by atoms with Crippen LogP contribution in [0.3, 0.4) is 0 Å². The molecule has 0 N–H and O–H groups in total. The number of aromatic nitrogens is 3. The summed E-state index contributed by atoms with van der Waals surface area (Å²) >= 11 is 7.39. The van der Waals surface area contributed by atoms with Gasteiger partial charge in [0.15, 0.2) is 5.16 Å². The first kappa shape index (κ1) is 19.7. The number of benzene rings is 1. The minimum atomic E-state index is -0.0133. The maximum Gasteiger partial charge on any atom is 0.233 e. The standard InChI is InChI=1S/C18H22ClN5O2S/c1-13(2)17(26)23-8-6-22(7-9-23)16(25)11-27-18-21-20-12-24(18)15-5-3-4-14(19)10-15/h3-5,10,12-13H,6-9,11H2,1-2H3. The fourth-order valence-corrected chi connectivity index (χ4v) is 3.90. The lowest BCUT2D eigenvalue weighted by atomic mass is 10.1. The average molecular weight is 408 g/mol. The molecule has 0 aliphatic carbocycles. The maximum atomic E-state index is 12.5. The second-order valence-electron chi connectivity index (χ2n) is 6.61. The summed E-state index contributed by atoms with van der Waals surface area (Å²) in [6.45, 7) is 6.11. The summed E-state index contributed by atoms with van der Waals surface area (Å²) in [6, 6.07) is 7.39. The van der Waals surface area contributed by atoms with Gasteiger partial charge in [-0.25, -0.2) is 0 Å². The smallest absolute Gasteiger partial charge is 0.233 e. The summed E-state index contributed by atoms with van der Waals surface area (Å²) in [5.74, 6) is 0.446. The molecule has 0 atom stereocenters. The Hall–Kier alpha value is -2.06. The molecule has 0 saturated carbocycles. The molecule has 0 spiro atoms. The minimum absolute atomic E-state index is 0.0133. The van der Waals surface area contributed by atoms with Crippen molar-refractivity contribution in [3.8, 4) is 5.69 Å². The monoisotopic (exact) mass is 407 g/mol. The van der Waals surface area contributed by atoms with Crippen molar-refractivity contribution in [2.24, 2.45) is 5.92 Å². The number of hydrogen-bond acceptors (Lipinski definition) is 5. The van der Waals surface area contributed by atoms with E-state index in [1.54, 1.807) is 17.3 Å². The summed E-state index contributed by atoms with van der Waals surface area (Å²) < 4.78 is 1.81. The van der Waals surface area contributed by atoms with Gasteiger partial charge in [-0.05, 0) is 18.2 Å². The Bertz CT molecular complexity index is 818. The molecule has 9 heteroatoms. The van der Waals surface area contributed by atoms with Crippen LogP contribution in [0.2, 0.25) is 5.02 Å². The normalized spacial score (nSPS) is 14.7. The zero-order chi connectivity index (χ0) is 19.4. The Morgan fingerprint density at radius 2 is 1.89 bits per heavy atom. The Labute approximate surface area is 167 Å². The predicted octanol–water partition coefficient (Wildman–Crippen LogP) is 2.34. The van der Waals surface area contributed by atoms with Gasteiger partial charge in [0.05, 0.1) is 11.4 Å². The van der Waals surface area contributed by atoms with Crippen LogP contribution >= 0.6 is 23.4 Å². The van der Waals surface area contributed by atoms with E-state index in [1.165, 1.54) is 11.8 Å². The molecule has 0 bridgehead atoms. The van der Waals surface area contributed by atoms with Gasteiger partial charge in [-0.1, -0.05) is 43.3 Å². The summed E-state index contributed by atoms with van der Waals surface area (Å²) in [7, 11) is 0. The van der Waals surface area contributed by atoms with E-state index in [0.29, 0.717) is 36.4 Å². The Morgan fingerprint density at radius 3 is 2.56 bits per heavy atom. The number of halogens is 1. The van der Waals surface area contributed by atoms with Crippen LogP contribution in [0.4, 0.5) is 0 Å². The quantitative estimate of drug-likeness (QED) is 0.711. The Kier molecular flexibility index (Phi) is 6.38. The van der Waals surface area contributed by atoms with Crippen molar-refractivity contribution >= 4 is 35.2 Å². The summed E-state index contributed by atoms with van der Waals surface area (Å²) in [5.41, 5.74) is 0.850. The molecule has 27 heavy (non-hydrogen) atoms. The van der Waals surface area contributed by atoms with Crippen LogP contribution < -0.4 is 0 Å². The Morgan fingerprint density at radius 1 is 1.19 bits per heavy atom. The van der Waals surface area contributed by atoms with Gasteiger partial charge in [-0.3, -0.25) is 14.2 Å². The molecule has 3 rings (SSSR count). The van der Waals surface area contributed by atoms with Crippen LogP contribution in [-0.2, 0) is 9.59 Å². The van der Waals surface area contributed by atoms with Crippen LogP contribution in [0.25, 0.3) is 5.69 Å². The molecule has 144 valence electrons. The number of nitrogens with zero attached hydrogens (tertiary/aromatic N) is 5. The molecule has 2 heterocycles. The third kappa shape index (κ3) is 4.81. The molecule has 2 amide bonds. The highest BCUT2D eigenvalue weighted by Gasteiger charge is 2.25. The number of piperazine rings is 1. The van der Waals surface area contributed by atoms with Gasteiger partial charge in [-0.2, -0.15) is 0 Å². The van der Waals surface area contributed by atoms with Crippen molar-refractivity contribution < 1.29 is 9.59 Å². The van der Waals surface area contributed by atoms with Gasteiger partial charge in [0.1, 0.15) is 6.33 Å². The second-order valence-corrected chi connectivity index (χ2v) is 7.99. The van der Waals surface area contributed by atoms with Crippen LogP contribution in [0.1, 0.15) is 13.8 Å². The highest BCUT2D eigenvalue weighted by Crippen LogP contribution is 2.22. The lowest BCUT2D eigenvalue weighted by Crippen LogP contribution is -2.51. The SMILES string of the molecule is CC(C)C(=O)N1CCN(C(=O)CSc2nncn2-c2cccc(Cl)c2)CC1. The van der Waals surface area contributed by atoms with Gasteiger partial charge in [-0.15, -0.1) is 10.2 Å². The van der Waals surface area contributed by atoms with Crippen molar-refractivity contribution in [3.05, 3.63) is 35.6 Å². The zero-order valence-electron chi connectivity index (χ0n) is 15.3. The fourth-order valence-electron chi connectivity index (χ4n) is 2.88. The number of carbonyl (C=O) groups excluding carboxylic acids is 2. The molecule has 7 nitrogen and oxygen atoms in total. The molecule has 0 radical (unpaired) electrons. The van der Waals surface area contributed by atoms with Gasteiger partial charge in [0.25, 0.3) is 0 Å². The molecular formula is C18H22ClN5O2S. The molecule has 1 saturated heterocycles. The minimum Gasteiger partial charge on any atom is -0.339 e. The third-order valence-electron chi connectivity index (χ3n) is 4.37. The van der Waals surface area contributed by atoms with Crippen LogP contribution in [0.5, 0.6) is 0 Å². The molecule has 1 fully saturated rings. The molecule has 0 unspecified atom stereocenters. The van der Waals surface area contributed by atoms with Crippen molar-refractivity contribution in [3.63, 3.8) is 0 Å². The van der Waals surface area contributed by atoms with E-state index in [1.807, 2.05) is 41.5 Å². The summed E-state index contributed by atoms with van der Waals surface area (Å²) in [5, 5.41) is 9.31. The maximum absolute atomic E-state index is 12.5. The van der Waals surface area contributed by atoms with E-state index in [9.17, 15) is 9.59 Å². The van der Waals surface area contributed by atoms with Crippen LogP contribution in [0, 0.1) is 5.92 Å². The molecule has 1 aliphatic heterocycles. The molecule has 1 aliphatic rings. The van der Waals surface area contributed by atoms with E-state index < -0.39 is 0 Å². The van der Waals surface area contributed by atoms with E-state index in [0.717, 1.165) is 5.69 Å². The van der Waals surface area contributed by atoms with Gasteiger partial charge in [0.2, 0.25) is 11.8 Å². The van der Waals surface area contributed by atoms with Gasteiger partial charge < -0.3 is 9.80 Å². The average Bonchev–Trinajstić information content (AvgIpc) is 3.14. The van der Waals surface area contributed by atoms with Crippen LogP contribution in [-0.4, -0.2) is 68.3 Å². The molecular weight excluding hydrogens is 386 g/mol. The van der Waals surface area contributed by atoms with Crippen molar-refractivity contribution in [1.82, 2.24) is 24.6 Å². The molecule has 1 aromatic carbocycles. The first-order valence-electron chi connectivity index (χ1n) is 8.81. The van der Waals surface area contributed by atoms with Crippen molar-refractivity contribution in [2.75, 3.05) is 31.9 Å². The topological polar surface area (TPSA) is 71.3 Å². The first-order valence-corrected chi connectivity index (χ1v) is 10.2. The van der Waals surface area contributed by atoms with E-state index in [4.69, 9.17) is 11.6 Å². The number of thioether (sulfide) groups is 1. The van der Waals surface area contributed by atoms with E-state index in [2.05, 4.69) is 10.2 Å².